The number of carbonyl (C=O) groups is 2. The van der Waals surface area contributed by atoms with Gasteiger partial charge in [-0.25, -0.2) is 9.18 Å². The predicted octanol–water partition coefficient (Wildman–Crippen LogP) is 4.35. The molecule has 0 unspecified atom stereocenters. The van der Waals surface area contributed by atoms with Crippen LogP contribution in [0.5, 0.6) is 0 Å². The number of halogens is 1. The quantitative estimate of drug-likeness (QED) is 0.636. The van der Waals surface area contributed by atoms with Gasteiger partial charge < -0.3 is 14.5 Å². The minimum Gasteiger partial charge on any atom is -0.465 e. The first-order chi connectivity index (χ1) is 16.0. The molecule has 0 N–H and O–H groups in total. The summed E-state index contributed by atoms with van der Waals surface area (Å²) in [5.41, 5.74) is 3.75. The third-order valence-electron chi connectivity index (χ3n) is 8.04. The standard InChI is InChI=1S/C27H31FN2O3/c1-33-26(32)21-4-7-23-20(18-21)9-14-30(25(23)19-2-5-22(28)6-3-19)24(31)8-10-27-11-15-29(16-12-27)17-13-27/h2-7,18,25H,8-17H2,1H3/t25-/m0/s1. The average Bonchev–Trinajstić information content (AvgIpc) is 2.87. The molecule has 0 aliphatic carbocycles. The molecule has 2 bridgehead atoms. The van der Waals surface area contributed by atoms with Gasteiger partial charge in [-0.15, -0.1) is 0 Å². The number of piperidine rings is 3. The number of rotatable bonds is 5. The van der Waals surface area contributed by atoms with E-state index in [1.807, 2.05) is 17.0 Å². The van der Waals surface area contributed by atoms with Crippen molar-refractivity contribution in [1.82, 2.24) is 9.80 Å². The summed E-state index contributed by atoms with van der Waals surface area (Å²) in [5, 5.41) is 0. The van der Waals surface area contributed by atoms with Crippen molar-refractivity contribution in [2.24, 2.45) is 5.41 Å². The maximum absolute atomic E-state index is 13.7. The third-order valence-corrected chi connectivity index (χ3v) is 8.04. The number of benzene rings is 2. The van der Waals surface area contributed by atoms with Gasteiger partial charge in [0.1, 0.15) is 5.82 Å². The molecule has 0 saturated carbocycles. The maximum Gasteiger partial charge on any atom is 0.337 e. The lowest BCUT2D eigenvalue weighted by Gasteiger charge is -2.49. The fraction of sp³-hybridized carbons (Fsp3) is 0.481. The molecule has 4 heterocycles. The molecular formula is C27H31FN2O3. The molecule has 0 aromatic heterocycles. The Bertz CT molecular complexity index is 1030. The summed E-state index contributed by atoms with van der Waals surface area (Å²) >= 11 is 0. The van der Waals surface area contributed by atoms with E-state index >= 15 is 0 Å². The Morgan fingerprint density at radius 3 is 2.39 bits per heavy atom. The fourth-order valence-electron chi connectivity index (χ4n) is 5.93. The molecule has 0 radical (unpaired) electrons. The number of ether oxygens (including phenoxy) is 1. The highest BCUT2D eigenvalue weighted by Crippen LogP contribution is 2.44. The van der Waals surface area contributed by atoms with Crippen LogP contribution in [0.4, 0.5) is 4.39 Å². The van der Waals surface area contributed by atoms with E-state index in [-0.39, 0.29) is 23.7 Å². The summed E-state index contributed by atoms with van der Waals surface area (Å²) in [4.78, 5) is 30.1. The summed E-state index contributed by atoms with van der Waals surface area (Å²) in [6.45, 7) is 4.06. The molecule has 3 saturated heterocycles. The van der Waals surface area contributed by atoms with E-state index in [2.05, 4.69) is 4.90 Å². The number of amides is 1. The average molecular weight is 451 g/mol. The molecule has 174 valence electrons. The highest BCUT2D eigenvalue weighted by molar-refractivity contribution is 5.89. The zero-order valence-electron chi connectivity index (χ0n) is 19.2. The summed E-state index contributed by atoms with van der Waals surface area (Å²) in [5.74, 6) is -0.502. The Labute approximate surface area is 194 Å². The number of fused-ring (bicyclic) bond motifs is 4. The number of hydrogen-bond acceptors (Lipinski definition) is 4. The van der Waals surface area contributed by atoms with Crippen molar-refractivity contribution in [1.29, 1.82) is 0 Å². The van der Waals surface area contributed by atoms with Crippen LogP contribution in [-0.2, 0) is 16.0 Å². The maximum atomic E-state index is 13.7. The van der Waals surface area contributed by atoms with Crippen LogP contribution in [0.1, 0.15) is 65.2 Å². The van der Waals surface area contributed by atoms with Crippen molar-refractivity contribution in [3.8, 4) is 0 Å². The van der Waals surface area contributed by atoms with Crippen LogP contribution in [0.3, 0.4) is 0 Å². The van der Waals surface area contributed by atoms with Crippen molar-refractivity contribution in [2.75, 3.05) is 33.3 Å². The van der Waals surface area contributed by atoms with E-state index in [9.17, 15) is 14.0 Å². The van der Waals surface area contributed by atoms with Crippen LogP contribution < -0.4 is 0 Å². The molecule has 1 amide bonds. The highest BCUT2D eigenvalue weighted by Gasteiger charge is 2.40. The Hall–Kier alpha value is -2.73. The van der Waals surface area contributed by atoms with Gasteiger partial charge in [0.15, 0.2) is 0 Å². The van der Waals surface area contributed by atoms with Gasteiger partial charge in [-0.2, -0.15) is 0 Å². The van der Waals surface area contributed by atoms with Crippen molar-refractivity contribution >= 4 is 11.9 Å². The van der Waals surface area contributed by atoms with E-state index in [4.69, 9.17) is 4.74 Å². The van der Waals surface area contributed by atoms with Crippen LogP contribution in [0.15, 0.2) is 42.5 Å². The lowest BCUT2D eigenvalue weighted by atomic mass is 9.69. The van der Waals surface area contributed by atoms with Crippen LogP contribution in [0.25, 0.3) is 0 Å². The predicted molar refractivity (Wildman–Crippen MR) is 123 cm³/mol. The highest BCUT2D eigenvalue weighted by atomic mass is 19.1. The topological polar surface area (TPSA) is 49.9 Å². The van der Waals surface area contributed by atoms with E-state index in [1.165, 1.54) is 38.5 Å². The first-order valence-corrected chi connectivity index (χ1v) is 12.0. The van der Waals surface area contributed by atoms with Crippen molar-refractivity contribution in [2.45, 2.75) is 44.6 Å². The molecule has 5 nitrogen and oxygen atoms in total. The molecule has 4 aliphatic heterocycles. The molecule has 6 rings (SSSR count). The van der Waals surface area contributed by atoms with Gasteiger partial charge in [0.05, 0.1) is 18.7 Å². The zero-order chi connectivity index (χ0) is 23.0. The second-order valence-corrected chi connectivity index (χ2v) is 9.79. The third kappa shape index (κ3) is 4.29. The van der Waals surface area contributed by atoms with Gasteiger partial charge in [-0.1, -0.05) is 18.2 Å². The molecule has 6 heteroatoms. The summed E-state index contributed by atoms with van der Waals surface area (Å²) in [7, 11) is 1.37. The minimum atomic E-state index is -0.368. The van der Waals surface area contributed by atoms with Gasteiger partial charge >= 0.3 is 5.97 Å². The van der Waals surface area contributed by atoms with Crippen LogP contribution in [0.2, 0.25) is 0 Å². The second-order valence-electron chi connectivity index (χ2n) is 9.79. The molecule has 0 spiro atoms. The molecule has 2 aromatic carbocycles. The largest absolute Gasteiger partial charge is 0.465 e. The fourth-order valence-corrected chi connectivity index (χ4v) is 5.93. The van der Waals surface area contributed by atoms with Crippen LogP contribution in [-0.4, -0.2) is 55.0 Å². The van der Waals surface area contributed by atoms with Crippen LogP contribution >= 0.6 is 0 Å². The lowest BCUT2D eigenvalue weighted by Crippen LogP contribution is -2.48. The molecule has 4 aliphatic rings. The summed E-state index contributed by atoms with van der Waals surface area (Å²) in [6.07, 6.45) is 5.76. The number of nitrogens with zero attached hydrogens (tertiary/aromatic N) is 2. The first-order valence-electron chi connectivity index (χ1n) is 12.0. The molecule has 1 atom stereocenters. The van der Waals surface area contributed by atoms with Gasteiger partial charge in [-0.3, -0.25) is 4.79 Å². The van der Waals surface area contributed by atoms with Gasteiger partial charge in [0.2, 0.25) is 5.91 Å². The number of esters is 1. The summed E-state index contributed by atoms with van der Waals surface area (Å²) in [6, 6.07) is 11.7. The molecule has 3 fully saturated rings. The van der Waals surface area contributed by atoms with E-state index in [0.29, 0.717) is 30.4 Å². The van der Waals surface area contributed by atoms with Crippen LogP contribution in [0, 0.1) is 11.2 Å². The number of methoxy groups -OCH3 is 1. The van der Waals surface area contributed by atoms with Crippen molar-refractivity contribution < 1.29 is 18.7 Å². The van der Waals surface area contributed by atoms with Crippen molar-refractivity contribution in [3.63, 3.8) is 0 Å². The second kappa shape index (κ2) is 8.90. The summed E-state index contributed by atoms with van der Waals surface area (Å²) < 4.78 is 18.5. The smallest absolute Gasteiger partial charge is 0.337 e. The Balaban J connectivity index is 1.41. The SMILES string of the molecule is COC(=O)c1ccc2c(c1)CCN(C(=O)CCC13CCN(CC1)CC3)[C@H]2c1ccc(F)cc1. The van der Waals surface area contributed by atoms with Crippen molar-refractivity contribution in [3.05, 3.63) is 70.5 Å². The lowest BCUT2D eigenvalue weighted by molar-refractivity contribution is -0.134. The molecule has 2 aromatic rings. The monoisotopic (exact) mass is 450 g/mol. The Morgan fingerprint density at radius 1 is 1.03 bits per heavy atom. The van der Waals surface area contributed by atoms with E-state index in [0.717, 1.165) is 42.7 Å². The minimum absolute atomic E-state index is 0.161. The number of carbonyl (C=O) groups excluding carboxylic acids is 2. The Morgan fingerprint density at radius 2 is 1.73 bits per heavy atom. The Kier molecular flexibility index (Phi) is 5.95. The van der Waals surface area contributed by atoms with Gasteiger partial charge in [0, 0.05) is 13.0 Å². The number of hydrogen-bond donors (Lipinski definition) is 0. The van der Waals surface area contributed by atoms with Gasteiger partial charge in [0.25, 0.3) is 0 Å². The molecule has 33 heavy (non-hydrogen) atoms. The normalized spacial score (nSPS) is 26.1. The van der Waals surface area contributed by atoms with Gasteiger partial charge in [-0.05, 0) is 98.1 Å². The zero-order valence-corrected chi connectivity index (χ0v) is 19.2. The molecular weight excluding hydrogens is 419 g/mol. The van der Waals surface area contributed by atoms with E-state index < -0.39 is 0 Å². The first kappa shape index (κ1) is 22.1. The van der Waals surface area contributed by atoms with E-state index in [1.54, 1.807) is 18.2 Å².